The van der Waals surface area contributed by atoms with E-state index in [4.69, 9.17) is 0 Å². The second kappa shape index (κ2) is 10.1. The summed E-state index contributed by atoms with van der Waals surface area (Å²) in [5.74, 6) is 0.637. The highest BCUT2D eigenvalue weighted by atomic mass is 127. The number of rotatable bonds is 4. The van der Waals surface area contributed by atoms with Crippen molar-refractivity contribution >= 4 is 51.8 Å². The Morgan fingerprint density at radius 3 is 2.26 bits per heavy atom. The van der Waals surface area contributed by atoms with Crippen molar-refractivity contribution in [1.82, 2.24) is 15.5 Å². The minimum Gasteiger partial charge on any atom is -0.352 e. The van der Waals surface area contributed by atoms with Crippen LogP contribution in [-0.4, -0.2) is 42.9 Å². The van der Waals surface area contributed by atoms with Gasteiger partial charge in [0.15, 0.2) is 5.96 Å². The number of nitrogens with zero attached hydrogens (tertiary/aromatic N) is 2. The molecule has 0 aliphatic carbocycles. The van der Waals surface area contributed by atoms with Crippen molar-refractivity contribution < 1.29 is 4.79 Å². The van der Waals surface area contributed by atoms with Gasteiger partial charge in [0, 0.05) is 24.1 Å². The number of benzene rings is 1. The molecule has 7 heteroatoms. The van der Waals surface area contributed by atoms with Gasteiger partial charge in [-0.05, 0) is 38.5 Å². The molecule has 23 heavy (non-hydrogen) atoms. The van der Waals surface area contributed by atoms with Gasteiger partial charge in [-0.25, -0.2) is 4.99 Å². The van der Waals surface area contributed by atoms with Crippen molar-refractivity contribution in [2.45, 2.75) is 32.9 Å². The predicted molar refractivity (Wildman–Crippen MR) is 110 cm³/mol. The maximum atomic E-state index is 11.7. The van der Waals surface area contributed by atoms with E-state index in [1.165, 1.54) is 0 Å². The molecule has 1 rings (SSSR count). The molecule has 0 heterocycles. The first-order chi connectivity index (χ1) is 10.2. The quantitative estimate of drug-likeness (QED) is 0.382. The third-order valence-electron chi connectivity index (χ3n) is 2.73. The second-order valence-corrected chi connectivity index (χ2v) is 7.22. The van der Waals surface area contributed by atoms with Crippen LogP contribution in [0, 0.1) is 0 Å². The van der Waals surface area contributed by atoms with Crippen LogP contribution in [0.2, 0.25) is 0 Å². The van der Waals surface area contributed by atoms with E-state index in [9.17, 15) is 4.79 Å². The largest absolute Gasteiger partial charge is 0.352 e. The molecule has 0 aromatic heterocycles. The molecule has 0 aliphatic rings. The SMILES string of the molecule is CN(C)C(=O)CNC(=NCc1ccc(Br)cc1)NC(C)(C)C.I. The first-order valence-corrected chi connectivity index (χ1v) is 7.98. The zero-order chi connectivity index (χ0) is 16.8. The summed E-state index contributed by atoms with van der Waals surface area (Å²) in [7, 11) is 3.47. The lowest BCUT2D eigenvalue weighted by Gasteiger charge is -2.24. The first-order valence-electron chi connectivity index (χ1n) is 7.18. The molecule has 1 amide bonds. The number of hydrogen-bond donors (Lipinski definition) is 2. The van der Waals surface area contributed by atoms with Gasteiger partial charge in [-0.2, -0.15) is 0 Å². The summed E-state index contributed by atoms with van der Waals surface area (Å²) in [4.78, 5) is 17.8. The van der Waals surface area contributed by atoms with Crippen LogP contribution >= 0.6 is 39.9 Å². The maximum absolute atomic E-state index is 11.7. The van der Waals surface area contributed by atoms with Gasteiger partial charge in [-0.15, -0.1) is 24.0 Å². The van der Waals surface area contributed by atoms with Crippen LogP contribution in [0.3, 0.4) is 0 Å². The Morgan fingerprint density at radius 2 is 1.78 bits per heavy atom. The fraction of sp³-hybridized carbons (Fsp3) is 0.500. The number of hydrogen-bond acceptors (Lipinski definition) is 2. The Bertz CT molecular complexity index is 524. The molecule has 0 radical (unpaired) electrons. The molecular formula is C16H26BrIN4O. The highest BCUT2D eigenvalue weighted by molar-refractivity contribution is 14.0. The summed E-state index contributed by atoms with van der Waals surface area (Å²) in [6, 6.07) is 8.02. The smallest absolute Gasteiger partial charge is 0.241 e. The Hall–Kier alpha value is -0.830. The number of amides is 1. The molecule has 0 saturated carbocycles. The second-order valence-electron chi connectivity index (χ2n) is 6.31. The lowest BCUT2D eigenvalue weighted by Crippen LogP contribution is -2.49. The number of carbonyl (C=O) groups is 1. The molecule has 0 saturated heterocycles. The van der Waals surface area contributed by atoms with E-state index < -0.39 is 0 Å². The van der Waals surface area contributed by atoms with Crippen molar-refractivity contribution in [3.63, 3.8) is 0 Å². The maximum Gasteiger partial charge on any atom is 0.241 e. The van der Waals surface area contributed by atoms with E-state index in [1.54, 1.807) is 19.0 Å². The van der Waals surface area contributed by atoms with Crippen LogP contribution in [0.15, 0.2) is 33.7 Å². The average molecular weight is 497 g/mol. The van der Waals surface area contributed by atoms with Gasteiger partial charge in [-0.3, -0.25) is 4.79 Å². The minimum atomic E-state index is -0.132. The van der Waals surface area contributed by atoms with Crippen molar-refractivity contribution in [3.8, 4) is 0 Å². The Balaban J connectivity index is 0.00000484. The van der Waals surface area contributed by atoms with E-state index in [1.807, 2.05) is 24.3 Å². The topological polar surface area (TPSA) is 56.7 Å². The molecule has 0 spiro atoms. The van der Waals surface area contributed by atoms with E-state index >= 15 is 0 Å². The summed E-state index contributed by atoms with van der Waals surface area (Å²) in [6.45, 7) is 6.93. The van der Waals surface area contributed by atoms with Gasteiger partial charge in [0.2, 0.25) is 5.91 Å². The number of carbonyl (C=O) groups excluding carboxylic acids is 1. The Morgan fingerprint density at radius 1 is 1.22 bits per heavy atom. The molecule has 5 nitrogen and oxygen atoms in total. The van der Waals surface area contributed by atoms with Crippen LogP contribution in [0.4, 0.5) is 0 Å². The van der Waals surface area contributed by atoms with Gasteiger partial charge in [-0.1, -0.05) is 28.1 Å². The molecular weight excluding hydrogens is 471 g/mol. The molecule has 1 aromatic rings. The molecule has 1 aromatic carbocycles. The average Bonchev–Trinajstić information content (AvgIpc) is 2.41. The summed E-state index contributed by atoms with van der Waals surface area (Å²) in [5.41, 5.74) is 0.976. The van der Waals surface area contributed by atoms with Crippen LogP contribution < -0.4 is 10.6 Å². The Kier molecular flexibility index (Phi) is 9.76. The monoisotopic (exact) mass is 496 g/mol. The number of guanidine groups is 1. The van der Waals surface area contributed by atoms with Crippen LogP contribution in [0.5, 0.6) is 0 Å². The summed E-state index contributed by atoms with van der Waals surface area (Å²) < 4.78 is 1.04. The van der Waals surface area contributed by atoms with Gasteiger partial charge < -0.3 is 15.5 Å². The molecule has 130 valence electrons. The van der Waals surface area contributed by atoms with Crippen LogP contribution in [0.1, 0.15) is 26.3 Å². The summed E-state index contributed by atoms with van der Waals surface area (Å²) in [5, 5.41) is 6.37. The third kappa shape index (κ3) is 9.80. The third-order valence-corrected chi connectivity index (χ3v) is 3.26. The number of likely N-dealkylation sites (N-methyl/N-ethyl adjacent to an activating group) is 1. The molecule has 0 bridgehead atoms. The lowest BCUT2D eigenvalue weighted by atomic mass is 10.1. The van der Waals surface area contributed by atoms with Gasteiger partial charge >= 0.3 is 0 Å². The zero-order valence-corrected chi connectivity index (χ0v) is 18.2. The van der Waals surface area contributed by atoms with Gasteiger partial charge in [0.1, 0.15) is 0 Å². The van der Waals surface area contributed by atoms with E-state index in [0.717, 1.165) is 10.0 Å². The van der Waals surface area contributed by atoms with Crippen LogP contribution in [0.25, 0.3) is 0 Å². The standard InChI is InChI=1S/C16H25BrN4O.HI/c1-16(2,3)20-15(19-11-14(22)21(4)5)18-10-12-6-8-13(17)9-7-12;/h6-9H,10-11H2,1-5H3,(H2,18,19,20);1H. The van der Waals surface area contributed by atoms with E-state index in [-0.39, 0.29) is 42.0 Å². The molecule has 2 N–H and O–H groups in total. The van der Waals surface area contributed by atoms with Crippen molar-refractivity contribution in [1.29, 1.82) is 0 Å². The molecule has 0 atom stereocenters. The first kappa shape index (κ1) is 22.2. The minimum absolute atomic E-state index is 0. The molecule has 0 fully saturated rings. The normalized spacial score (nSPS) is 11.5. The van der Waals surface area contributed by atoms with Gasteiger partial charge in [0.25, 0.3) is 0 Å². The number of aliphatic imine (C=N–C) groups is 1. The summed E-state index contributed by atoms with van der Waals surface area (Å²) >= 11 is 3.42. The van der Waals surface area contributed by atoms with Crippen LogP contribution in [-0.2, 0) is 11.3 Å². The zero-order valence-electron chi connectivity index (χ0n) is 14.3. The fourth-order valence-electron chi connectivity index (χ4n) is 1.57. The lowest BCUT2D eigenvalue weighted by molar-refractivity contribution is -0.127. The number of halogens is 2. The Labute approximate surface area is 164 Å². The van der Waals surface area contributed by atoms with E-state index in [2.05, 4.69) is 52.3 Å². The number of nitrogens with one attached hydrogen (secondary N) is 2. The highest BCUT2D eigenvalue weighted by Gasteiger charge is 2.13. The van der Waals surface area contributed by atoms with Crippen molar-refractivity contribution in [2.75, 3.05) is 20.6 Å². The summed E-state index contributed by atoms with van der Waals surface area (Å²) in [6.07, 6.45) is 0. The molecule has 0 aliphatic heterocycles. The molecule has 0 unspecified atom stereocenters. The van der Waals surface area contributed by atoms with Crippen molar-refractivity contribution in [2.24, 2.45) is 4.99 Å². The fourth-order valence-corrected chi connectivity index (χ4v) is 1.84. The van der Waals surface area contributed by atoms with E-state index in [0.29, 0.717) is 12.5 Å². The van der Waals surface area contributed by atoms with Crippen molar-refractivity contribution in [3.05, 3.63) is 34.3 Å². The van der Waals surface area contributed by atoms with Gasteiger partial charge in [0.05, 0.1) is 13.1 Å². The predicted octanol–water partition coefficient (Wildman–Crippen LogP) is 2.99. The highest BCUT2D eigenvalue weighted by Crippen LogP contribution is 2.11.